The van der Waals surface area contributed by atoms with Crippen molar-refractivity contribution in [3.05, 3.63) is 77.4 Å². The van der Waals surface area contributed by atoms with E-state index in [2.05, 4.69) is 34.1 Å². The minimum absolute atomic E-state index is 0.137. The normalized spacial score (nSPS) is 21.2. The van der Waals surface area contributed by atoms with Gasteiger partial charge in [-0.15, -0.1) is 5.10 Å². The van der Waals surface area contributed by atoms with Gasteiger partial charge in [0.05, 0.1) is 28.1 Å². The molecule has 10 heteroatoms. The van der Waals surface area contributed by atoms with E-state index in [1.165, 1.54) is 18.2 Å². The lowest BCUT2D eigenvalue weighted by Crippen LogP contribution is -2.38. The van der Waals surface area contributed by atoms with Gasteiger partial charge in [-0.2, -0.15) is 10.2 Å². The summed E-state index contributed by atoms with van der Waals surface area (Å²) in [7, 11) is 0. The summed E-state index contributed by atoms with van der Waals surface area (Å²) in [6, 6.07) is 9.28. The van der Waals surface area contributed by atoms with Crippen LogP contribution >= 0.6 is 0 Å². The van der Waals surface area contributed by atoms with Gasteiger partial charge in [-0.3, -0.25) is 9.48 Å². The van der Waals surface area contributed by atoms with Crippen LogP contribution in [0.2, 0.25) is 0 Å². The third kappa shape index (κ3) is 3.38. The van der Waals surface area contributed by atoms with Crippen LogP contribution in [0.15, 0.2) is 48.8 Å². The van der Waals surface area contributed by atoms with Crippen molar-refractivity contribution in [1.29, 1.82) is 0 Å². The molecule has 6 rings (SSSR count). The molecule has 0 radical (unpaired) electrons. The van der Waals surface area contributed by atoms with Crippen molar-refractivity contribution in [3.63, 3.8) is 0 Å². The lowest BCUT2D eigenvalue weighted by atomic mass is 9.66. The number of hydrogen-bond donors (Lipinski definition) is 1. The predicted molar refractivity (Wildman–Crippen MR) is 131 cm³/mol. The number of primary amides is 1. The molecule has 2 N–H and O–H groups in total. The smallest absolute Gasteiger partial charge is 0.219 e. The summed E-state index contributed by atoms with van der Waals surface area (Å²) in [5, 5.41) is 13.4. The summed E-state index contributed by atoms with van der Waals surface area (Å²) in [4.78, 5) is 20.5. The van der Waals surface area contributed by atoms with Crippen LogP contribution < -0.4 is 5.73 Å². The van der Waals surface area contributed by atoms with Gasteiger partial charge in [0.15, 0.2) is 5.82 Å². The van der Waals surface area contributed by atoms with E-state index in [9.17, 15) is 13.6 Å². The van der Waals surface area contributed by atoms with Gasteiger partial charge in [-0.25, -0.2) is 18.7 Å². The number of nitrogens with zero attached hydrogens (tertiary/aromatic N) is 6. The van der Waals surface area contributed by atoms with E-state index >= 15 is 0 Å². The zero-order valence-corrected chi connectivity index (χ0v) is 20.4. The van der Waals surface area contributed by atoms with Crippen molar-refractivity contribution in [3.8, 4) is 22.8 Å². The van der Waals surface area contributed by atoms with Crippen LogP contribution in [0, 0.1) is 17.0 Å². The quantitative estimate of drug-likeness (QED) is 0.425. The molecule has 1 fully saturated rings. The number of hydrogen-bond acceptors (Lipinski definition) is 6. The van der Waals surface area contributed by atoms with Crippen molar-refractivity contribution in [1.82, 2.24) is 29.9 Å². The average molecular weight is 502 g/mol. The van der Waals surface area contributed by atoms with Crippen molar-refractivity contribution in [2.75, 3.05) is 0 Å². The Bertz CT molecular complexity index is 1530. The fourth-order valence-electron chi connectivity index (χ4n) is 6.31. The minimum Gasteiger partial charge on any atom is -0.370 e. The molecule has 3 aromatic heterocycles. The highest BCUT2D eigenvalue weighted by Gasteiger charge is 2.65. The van der Waals surface area contributed by atoms with Gasteiger partial charge < -0.3 is 5.73 Å². The first kappa shape index (κ1) is 23.3. The monoisotopic (exact) mass is 501 g/mol. The summed E-state index contributed by atoms with van der Waals surface area (Å²) in [5.41, 5.74) is 7.65. The standard InChI is InChI=1S/C27H25F2N7O/c1-26(2)16-6-10-27(26,24-15(16)14-20(33-34-24)23-17(28)4-3-5-18(23)29)21-7-11-31-25(32-21)19-8-12-36(35-19)13-9-22(30)37/h3-5,7-8,11-12,14,16H,6,9-10,13H2,1-2H3,(H2,30,37)/t16-,27+/m0/s1. The van der Waals surface area contributed by atoms with Gasteiger partial charge in [0, 0.05) is 25.4 Å². The van der Waals surface area contributed by atoms with Gasteiger partial charge in [0.2, 0.25) is 5.91 Å². The first-order chi connectivity index (χ1) is 17.7. The maximum Gasteiger partial charge on any atom is 0.219 e. The van der Waals surface area contributed by atoms with Crippen LogP contribution in [0.4, 0.5) is 8.78 Å². The minimum atomic E-state index is -0.665. The topological polar surface area (TPSA) is 112 Å². The van der Waals surface area contributed by atoms with Gasteiger partial charge in [-0.1, -0.05) is 19.9 Å². The Morgan fingerprint density at radius 1 is 1.14 bits per heavy atom. The Balaban J connectivity index is 1.43. The van der Waals surface area contributed by atoms with Crippen LogP contribution in [-0.2, 0) is 16.8 Å². The Hall–Kier alpha value is -4.08. The van der Waals surface area contributed by atoms with E-state index in [-0.39, 0.29) is 29.0 Å². The molecule has 37 heavy (non-hydrogen) atoms. The summed E-state index contributed by atoms with van der Waals surface area (Å²) in [6.07, 6.45) is 5.39. The summed E-state index contributed by atoms with van der Waals surface area (Å²) >= 11 is 0. The first-order valence-electron chi connectivity index (χ1n) is 12.2. The maximum absolute atomic E-state index is 14.5. The Morgan fingerprint density at radius 3 is 2.68 bits per heavy atom. The lowest BCUT2D eigenvalue weighted by molar-refractivity contribution is -0.118. The molecule has 1 aromatic carbocycles. The highest BCUT2D eigenvalue weighted by Crippen LogP contribution is 2.69. The number of benzene rings is 1. The highest BCUT2D eigenvalue weighted by atomic mass is 19.1. The average Bonchev–Trinajstić information content (AvgIpc) is 3.50. The number of amides is 1. The zero-order valence-electron chi connectivity index (χ0n) is 20.4. The van der Waals surface area contributed by atoms with Crippen molar-refractivity contribution >= 4 is 5.91 Å². The largest absolute Gasteiger partial charge is 0.370 e. The Labute approximate surface area is 212 Å². The number of nitrogens with two attached hydrogens (primary N) is 1. The molecular weight excluding hydrogens is 476 g/mol. The molecule has 0 spiro atoms. The van der Waals surface area contributed by atoms with Crippen LogP contribution in [0.3, 0.4) is 0 Å². The van der Waals surface area contributed by atoms with E-state index in [0.717, 1.165) is 29.8 Å². The Morgan fingerprint density at radius 2 is 1.92 bits per heavy atom. The van der Waals surface area contributed by atoms with E-state index in [1.54, 1.807) is 29.2 Å². The fourth-order valence-corrected chi connectivity index (χ4v) is 6.31. The number of halogens is 2. The molecular formula is C27H25F2N7O. The Kier molecular flexibility index (Phi) is 5.18. The SMILES string of the molecule is CC1(C)[C@H]2CC[C@@]1(c1ccnc(-c3ccn(CCC(N)=O)n3)n1)c1nnc(-c3c(F)cccc3F)cc12. The molecule has 2 bridgehead atoms. The van der Waals surface area contributed by atoms with E-state index < -0.39 is 23.0 Å². The summed E-state index contributed by atoms with van der Waals surface area (Å²) in [6.45, 7) is 4.76. The number of rotatable bonds is 6. The van der Waals surface area contributed by atoms with Gasteiger partial charge in [-0.05, 0) is 60.1 Å². The van der Waals surface area contributed by atoms with Crippen LogP contribution in [0.5, 0.6) is 0 Å². The number of carbonyl (C=O) groups excluding carboxylic acids is 1. The molecule has 0 aliphatic heterocycles. The molecule has 2 aliphatic rings. The molecule has 0 saturated heterocycles. The molecule has 8 nitrogen and oxygen atoms in total. The van der Waals surface area contributed by atoms with Gasteiger partial charge in [0.1, 0.15) is 17.3 Å². The molecule has 2 aliphatic carbocycles. The number of aryl methyl sites for hydroxylation is 1. The van der Waals surface area contributed by atoms with Crippen LogP contribution in [-0.4, -0.2) is 35.9 Å². The second-order valence-electron chi connectivity index (χ2n) is 10.3. The van der Waals surface area contributed by atoms with Crippen LogP contribution in [0.1, 0.15) is 56.0 Å². The number of carbonyl (C=O) groups is 1. The number of aromatic nitrogens is 6. The second kappa shape index (κ2) is 8.22. The highest BCUT2D eigenvalue weighted by molar-refractivity contribution is 5.73. The lowest BCUT2D eigenvalue weighted by Gasteiger charge is -2.37. The molecule has 188 valence electrons. The first-order valence-corrected chi connectivity index (χ1v) is 12.2. The zero-order chi connectivity index (χ0) is 25.9. The summed E-state index contributed by atoms with van der Waals surface area (Å²) in [5.74, 6) is -1.12. The number of fused-ring (bicyclic) bond motifs is 5. The second-order valence-corrected chi connectivity index (χ2v) is 10.3. The maximum atomic E-state index is 14.5. The van der Waals surface area contributed by atoms with Crippen molar-refractivity contribution in [2.24, 2.45) is 11.1 Å². The van der Waals surface area contributed by atoms with E-state index in [4.69, 9.17) is 10.7 Å². The molecule has 3 heterocycles. The summed E-state index contributed by atoms with van der Waals surface area (Å²) < 4.78 is 30.7. The van der Waals surface area contributed by atoms with Gasteiger partial charge in [0.25, 0.3) is 0 Å². The van der Waals surface area contributed by atoms with Crippen molar-refractivity contribution in [2.45, 2.75) is 51.0 Å². The molecule has 0 unspecified atom stereocenters. The van der Waals surface area contributed by atoms with Crippen LogP contribution in [0.25, 0.3) is 22.8 Å². The molecule has 2 atom stereocenters. The molecule has 1 saturated carbocycles. The van der Waals surface area contributed by atoms with E-state index in [1.807, 2.05) is 6.07 Å². The van der Waals surface area contributed by atoms with E-state index in [0.29, 0.717) is 18.1 Å². The third-order valence-corrected chi connectivity index (χ3v) is 8.15. The predicted octanol–water partition coefficient (Wildman–Crippen LogP) is 4.15. The van der Waals surface area contributed by atoms with Crippen molar-refractivity contribution < 1.29 is 13.6 Å². The third-order valence-electron chi connectivity index (χ3n) is 8.15. The van der Waals surface area contributed by atoms with Gasteiger partial charge >= 0.3 is 0 Å². The molecule has 1 amide bonds. The molecule has 4 aromatic rings. The fraction of sp³-hybridized carbons (Fsp3) is 0.333.